The third-order valence-electron chi connectivity index (χ3n) is 5.21. The molecular formula is C24H25N5O3. The minimum atomic E-state index is -0.329. The number of aromatic nitrogens is 4. The molecule has 32 heavy (non-hydrogen) atoms. The number of hydrogen-bond acceptors (Lipinski definition) is 6. The maximum absolute atomic E-state index is 12.5. The summed E-state index contributed by atoms with van der Waals surface area (Å²) in [6.07, 6.45) is 2.57. The van der Waals surface area contributed by atoms with Crippen LogP contribution in [0.5, 0.6) is 11.5 Å². The van der Waals surface area contributed by atoms with Crippen molar-refractivity contribution in [2.75, 3.05) is 14.2 Å². The fourth-order valence-electron chi connectivity index (χ4n) is 3.45. The zero-order valence-electron chi connectivity index (χ0n) is 18.3. The maximum Gasteiger partial charge on any atom is 0.220 e. The van der Waals surface area contributed by atoms with Crippen molar-refractivity contribution in [1.82, 2.24) is 24.9 Å². The van der Waals surface area contributed by atoms with E-state index in [1.54, 1.807) is 25.1 Å². The first kappa shape index (κ1) is 21.3. The molecule has 0 spiro atoms. The zero-order valence-corrected chi connectivity index (χ0v) is 18.3. The number of rotatable bonds is 8. The Morgan fingerprint density at radius 2 is 1.88 bits per heavy atom. The summed E-state index contributed by atoms with van der Waals surface area (Å²) in [4.78, 5) is 21.5. The molecule has 8 heteroatoms. The Morgan fingerprint density at radius 3 is 2.62 bits per heavy atom. The molecule has 8 nitrogen and oxygen atoms in total. The first-order valence-electron chi connectivity index (χ1n) is 10.4. The van der Waals surface area contributed by atoms with Gasteiger partial charge in [0.15, 0.2) is 11.5 Å². The van der Waals surface area contributed by atoms with Crippen molar-refractivity contribution in [3.05, 3.63) is 72.3 Å². The van der Waals surface area contributed by atoms with Crippen LogP contribution in [0.4, 0.5) is 0 Å². The summed E-state index contributed by atoms with van der Waals surface area (Å²) in [6, 6.07) is 16.9. The van der Waals surface area contributed by atoms with Gasteiger partial charge in [0.2, 0.25) is 5.91 Å². The number of fused-ring (bicyclic) bond motifs is 1. The highest BCUT2D eigenvalue weighted by Crippen LogP contribution is 2.22. The van der Waals surface area contributed by atoms with Crippen molar-refractivity contribution < 1.29 is 14.3 Å². The number of aryl methyl sites for hydroxylation is 1. The smallest absolute Gasteiger partial charge is 0.220 e. The van der Waals surface area contributed by atoms with Crippen molar-refractivity contribution in [3.8, 4) is 22.8 Å². The molecule has 2 aromatic carbocycles. The van der Waals surface area contributed by atoms with Gasteiger partial charge in [-0.15, -0.1) is 5.10 Å². The van der Waals surface area contributed by atoms with E-state index in [0.29, 0.717) is 24.3 Å². The molecule has 0 saturated carbocycles. The molecule has 1 atom stereocenters. The van der Waals surface area contributed by atoms with E-state index in [1.165, 1.54) is 0 Å². The summed E-state index contributed by atoms with van der Waals surface area (Å²) >= 11 is 0. The van der Waals surface area contributed by atoms with Crippen molar-refractivity contribution in [2.24, 2.45) is 0 Å². The Morgan fingerprint density at radius 1 is 1.09 bits per heavy atom. The van der Waals surface area contributed by atoms with E-state index in [9.17, 15) is 4.79 Å². The van der Waals surface area contributed by atoms with Crippen LogP contribution < -0.4 is 14.8 Å². The average molecular weight is 431 g/mol. The van der Waals surface area contributed by atoms with E-state index >= 15 is 0 Å². The summed E-state index contributed by atoms with van der Waals surface area (Å²) in [5.41, 5.74) is 3.40. The normalized spacial score (nSPS) is 11.8. The summed E-state index contributed by atoms with van der Waals surface area (Å²) in [5.74, 6) is 2.04. The molecule has 4 rings (SSSR count). The Balaban J connectivity index is 1.42. The van der Waals surface area contributed by atoms with Gasteiger partial charge in [-0.05, 0) is 49.2 Å². The lowest BCUT2D eigenvalue weighted by Gasteiger charge is -2.11. The minimum absolute atomic E-state index is 0.0701. The van der Waals surface area contributed by atoms with Crippen LogP contribution in [0.15, 0.2) is 60.9 Å². The molecule has 0 unspecified atom stereocenters. The molecule has 0 aliphatic carbocycles. The van der Waals surface area contributed by atoms with E-state index in [1.807, 2.05) is 61.5 Å². The van der Waals surface area contributed by atoms with E-state index in [-0.39, 0.29) is 11.9 Å². The number of nitrogens with one attached hydrogen (secondary N) is 1. The highest BCUT2D eigenvalue weighted by Gasteiger charge is 2.16. The highest BCUT2D eigenvalue weighted by molar-refractivity contribution is 5.76. The molecule has 1 amide bonds. The number of carbonyl (C=O) groups excluding carboxylic acids is 1. The molecule has 0 aliphatic rings. The maximum atomic E-state index is 12.5. The number of methoxy groups -OCH3 is 2. The second-order valence-corrected chi connectivity index (χ2v) is 7.38. The standard InChI is InChI=1S/C24H25N5O3/c1-16(26-23(30)13-10-18-6-4-5-7-21(18)32-3)24-27-22-14-20(25-15-29(22)28-24)17-8-11-19(31-2)12-9-17/h4-9,11-12,14-16H,10,13H2,1-3H3,(H,26,30)/t16-/m0/s1. The molecule has 2 heterocycles. The molecule has 0 fully saturated rings. The fourth-order valence-corrected chi connectivity index (χ4v) is 3.45. The zero-order chi connectivity index (χ0) is 22.5. The summed E-state index contributed by atoms with van der Waals surface area (Å²) in [5, 5.41) is 7.43. The van der Waals surface area contributed by atoms with Gasteiger partial charge >= 0.3 is 0 Å². The van der Waals surface area contributed by atoms with Crippen LogP contribution in [0.1, 0.15) is 30.8 Å². The number of carbonyl (C=O) groups is 1. The first-order chi connectivity index (χ1) is 15.6. The fraction of sp³-hybridized carbons (Fsp3) is 0.250. The molecule has 1 N–H and O–H groups in total. The second kappa shape index (κ2) is 9.47. The molecule has 0 radical (unpaired) electrons. The lowest BCUT2D eigenvalue weighted by atomic mass is 10.1. The molecule has 0 bridgehead atoms. The van der Waals surface area contributed by atoms with Gasteiger partial charge in [-0.2, -0.15) is 0 Å². The van der Waals surface area contributed by atoms with Gasteiger partial charge in [0.05, 0.1) is 26.0 Å². The number of benzene rings is 2. The number of nitrogens with zero attached hydrogens (tertiary/aromatic N) is 4. The number of ether oxygens (including phenoxy) is 2. The van der Waals surface area contributed by atoms with Crippen molar-refractivity contribution in [1.29, 1.82) is 0 Å². The van der Waals surface area contributed by atoms with Crippen LogP contribution in [0.2, 0.25) is 0 Å². The monoisotopic (exact) mass is 431 g/mol. The molecular weight excluding hydrogens is 406 g/mol. The van der Waals surface area contributed by atoms with Crippen LogP contribution in [-0.4, -0.2) is 39.7 Å². The van der Waals surface area contributed by atoms with Crippen LogP contribution >= 0.6 is 0 Å². The number of amides is 1. The summed E-state index contributed by atoms with van der Waals surface area (Å²) in [6.45, 7) is 1.87. The van der Waals surface area contributed by atoms with Crippen LogP contribution in [0, 0.1) is 0 Å². The Hall–Kier alpha value is -3.94. The summed E-state index contributed by atoms with van der Waals surface area (Å²) < 4.78 is 12.2. The van der Waals surface area contributed by atoms with Gasteiger partial charge in [0, 0.05) is 18.1 Å². The van der Waals surface area contributed by atoms with Gasteiger partial charge in [-0.1, -0.05) is 18.2 Å². The van der Waals surface area contributed by atoms with Crippen LogP contribution in [0.25, 0.3) is 16.9 Å². The van der Waals surface area contributed by atoms with Crippen molar-refractivity contribution in [3.63, 3.8) is 0 Å². The van der Waals surface area contributed by atoms with E-state index in [0.717, 1.165) is 28.3 Å². The molecule has 0 saturated heterocycles. The quantitative estimate of drug-likeness (QED) is 0.458. The highest BCUT2D eigenvalue weighted by atomic mass is 16.5. The number of para-hydroxylation sites is 1. The Bertz CT molecular complexity index is 1220. The van der Waals surface area contributed by atoms with Crippen molar-refractivity contribution >= 4 is 11.6 Å². The lowest BCUT2D eigenvalue weighted by Crippen LogP contribution is -2.27. The first-order valence-corrected chi connectivity index (χ1v) is 10.4. The van der Waals surface area contributed by atoms with Gasteiger partial charge in [-0.25, -0.2) is 14.5 Å². The summed E-state index contributed by atoms with van der Waals surface area (Å²) in [7, 11) is 3.26. The van der Waals surface area contributed by atoms with E-state index < -0.39 is 0 Å². The second-order valence-electron chi connectivity index (χ2n) is 7.38. The SMILES string of the molecule is COc1ccc(-c2cc3nc([C@H](C)NC(=O)CCc4ccccc4OC)nn3cn2)cc1. The van der Waals surface area contributed by atoms with Crippen molar-refractivity contribution in [2.45, 2.75) is 25.8 Å². The van der Waals surface area contributed by atoms with E-state index in [4.69, 9.17) is 9.47 Å². The topological polar surface area (TPSA) is 90.6 Å². The molecule has 164 valence electrons. The largest absolute Gasteiger partial charge is 0.497 e. The van der Waals surface area contributed by atoms with Gasteiger partial charge in [0.1, 0.15) is 17.8 Å². The predicted molar refractivity (Wildman–Crippen MR) is 121 cm³/mol. The minimum Gasteiger partial charge on any atom is -0.497 e. The third kappa shape index (κ3) is 4.69. The Labute approximate surface area is 186 Å². The molecule has 0 aliphatic heterocycles. The van der Waals surface area contributed by atoms with Gasteiger partial charge in [0.25, 0.3) is 0 Å². The van der Waals surface area contributed by atoms with Crippen LogP contribution in [-0.2, 0) is 11.2 Å². The van der Waals surface area contributed by atoms with Gasteiger partial charge < -0.3 is 14.8 Å². The van der Waals surface area contributed by atoms with E-state index in [2.05, 4.69) is 20.4 Å². The lowest BCUT2D eigenvalue weighted by molar-refractivity contribution is -0.121. The van der Waals surface area contributed by atoms with Gasteiger partial charge in [-0.3, -0.25) is 4.79 Å². The predicted octanol–water partition coefficient (Wildman–Crippen LogP) is 3.62. The molecule has 4 aromatic rings. The third-order valence-corrected chi connectivity index (χ3v) is 5.21. The van der Waals surface area contributed by atoms with Crippen LogP contribution in [0.3, 0.4) is 0 Å². The Kier molecular flexibility index (Phi) is 6.30. The average Bonchev–Trinajstić information content (AvgIpc) is 3.26. The number of hydrogen-bond donors (Lipinski definition) is 1. The molecule has 2 aromatic heterocycles.